The molecule has 0 spiro atoms. The second-order valence-corrected chi connectivity index (χ2v) is 4.82. The van der Waals surface area contributed by atoms with Crippen molar-refractivity contribution in [2.45, 2.75) is 20.0 Å². The quantitative estimate of drug-likeness (QED) is 0.501. The van der Waals surface area contributed by atoms with Crippen molar-refractivity contribution < 1.29 is 18.9 Å². The lowest BCUT2D eigenvalue weighted by Crippen LogP contribution is -2.17. The van der Waals surface area contributed by atoms with Crippen LogP contribution >= 0.6 is 0 Å². The number of hydrazone groups is 1. The SMILES string of the molecule is CC(C)Oc1ccc(C(=O)N/N=C\c2ccc([N+](=O)[O-])o2)cc1. The molecular weight excluding hydrogens is 302 g/mol. The fourth-order valence-corrected chi connectivity index (χ4v) is 1.69. The van der Waals surface area contributed by atoms with Crippen molar-refractivity contribution in [1.29, 1.82) is 0 Å². The first kappa shape index (κ1) is 16.2. The van der Waals surface area contributed by atoms with Gasteiger partial charge in [0.2, 0.25) is 0 Å². The van der Waals surface area contributed by atoms with Gasteiger partial charge in [-0.05, 0) is 44.2 Å². The molecule has 1 heterocycles. The molecule has 0 bridgehead atoms. The van der Waals surface area contributed by atoms with Gasteiger partial charge in [-0.2, -0.15) is 5.10 Å². The normalized spacial score (nSPS) is 10.9. The predicted molar refractivity (Wildman–Crippen MR) is 82.6 cm³/mol. The van der Waals surface area contributed by atoms with Gasteiger partial charge in [0.25, 0.3) is 5.91 Å². The molecule has 1 aromatic carbocycles. The highest BCUT2D eigenvalue weighted by atomic mass is 16.6. The molecule has 0 atom stereocenters. The summed E-state index contributed by atoms with van der Waals surface area (Å²) in [4.78, 5) is 21.7. The van der Waals surface area contributed by atoms with E-state index in [2.05, 4.69) is 10.5 Å². The van der Waals surface area contributed by atoms with Crippen molar-refractivity contribution in [2.24, 2.45) is 5.10 Å². The fraction of sp³-hybridized carbons (Fsp3) is 0.200. The van der Waals surface area contributed by atoms with Gasteiger partial charge in [0.05, 0.1) is 18.4 Å². The molecule has 23 heavy (non-hydrogen) atoms. The Morgan fingerprint density at radius 1 is 1.30 bits per heavy atom. The number of nitrogens with one attached hydrogen (secondary N) is 1. The number of furan rings is 1. The third kappa shape index (κ3) is 4.67. The lowest BCUT2D eigenvalue weighted by atomic mass is 10.2. The summed E-state index contributed by atoms with van der Waals surface area (Å²) in [5, 5.41) is 14.2. The zero-order chi connectivity index (χ0) is 16.8. The minimum atomic E-state index is -0.656. The number of hydrogen-bond donors (Lipinski definition) is 1. The van der Waals surface area contributed by atoms with E-state index >= 15 is 0 Å². The van der Waals surface area contributed by atoms with Gasteiger partial charge in [-0.3, -0.25) is 14.9 Å². The standard InChI is InChI=1S/C15H15N3O5/c1-10(2)22-12-5-3-11(4-6-12)15(19)17-16-9-13-7-8-14(23-13)18(20)21/h3-10H,1-2H3,(H,17,19)/b16-9-. The number of amides is 1. The van der Waals surface area contributed by atoms with Crippen LogP contribution < -0.4 is 10.2 Å². The number of rotatable bonds is 6. The van der Waals surface area contributed by atoms with Crippen LogP contribution in [0.2, 0.25) is 0 Å². The maximum atomic E-state index is 11.9. The van der Waals surface area contributed by atoms with Crippen molar-refractivity contribution in [2.75, 3.05) is 0 Å². The molecule has 1 amide bonds. The Labute approximate surface area is 131 Å². The van der Waals surface area contributed by atoms with Crippen LogP contribution in [0.1, 0.15) is 30.0 Å². The Kier molecular flexibility index (Phi) is 5.08. The number of hydrogen-bond acceptors (Lipinski definition) is 6. The van der Waals surface area contributed by atoms with E-state index in [-0.39, 0.29) is 11.9 Å². The van der Waals surface area contributed by atoms with E-state index in [1.54, 1.807) is 24.3 Å². The number of ether oxygens (including phenoxy) is 1. The molecule has 1 aromatic heterocycles. The molecule has 0 saturated carbocycles. The Bertz CT molecular complexity index is 719. The number of nitrogens with zero attached hydrogens (tertiary/aromatic N) is 2. The lowest BCUT2D eigenvalue weighted by Gasteiger charge is -2.09. The highest BCUT2D eigenvalue weighted by Gasteiger charge is 2.10. The van der Waals surface area contributed by atoms with E-state index in [1.165, 1.54) is 18.3 Å². The van der Waals surface area contributed by atoms with Crippen LogP contribution in [0.15, 0.2) is 45.9 Å². The van der Waals surface area contributed by atoms with Gasteiger partial charge in [0, 0.05) is 5.56 Å². The maximum Gasteiger partial charge on any atom is 0.433 e. The number of carbonyl (C=O) groups excluding carboxylic acids is 1. The van der Waals surface area contributed by atoms with E-state index in [9.17, 15) is 14.9 Å². The summed E-state index contributed by atoms with van der Waals surface area (Å²) in [5.41, 5.74) is 2.71. The molecule has 1 N–H and O–H groups in total. The molecule has 2 rings (SSSR count). The minimum absolute atomic E-state index is 0.0524. The van der Waals surface area contributed by atoms with Crippen molar-refractivity contribution in [1.82, 2.24) is 5.43 Å². The molecule has 8 heteroatoms. The first-order chi connectivity index (χ1) is 11.0. The molecule has 2 aromatic rings. The molecule has 0 aliphatic heterocycles. The van der Waals surface area contributed by atoms with Gasteiger partial charge in [-0.25, -0.2) is 5.43 Å². The first-order valence-corrected chi connectivity index (χ1v) is 6.80. The summed E-state index contributed by atoms with van der Waals surface area (Å²) in [7, 11) is 0. The van der Waals surface area contributed by atoms with Crippen molar-refractivity contribution >= 4 is 18.0 Å². The minimum Gasteiger partial charge on any atom is -0.491 e. The molecule has 0 saturated heterocycles. The van der Waals surface area contributed by atoms with E-state index in [0.29, 0.717) is 11.3 Å². The van der Waals surface area contributed by atoms with Gasteiger partial charge in [-0.15, -0.1) is 0 Å². The Morgan fingerprint density at radius 3 is 2.57 bits per heavy atom. The number of carbonyl (C=O) groups is 1. The van der Waals surface area contributed by atoms with Crippen molar-refractivity contribution in [3.05, 3.63) is 57.8 Å². The zero-order valence-electron chi connectivity index (χ0n) is 12.6. The lowest BCUT2D eigenvalue weighted by molar-refractivity contribution is -0.402. The van der Waals surface area contributed by atoms with E-state index in [0.717, 1.165) is 0 Å². The van der Waals surface area contributed by atoms with E-state index in [1.807, 2.05) is 13.8 Å². The second kappa shape index (κ2) is 7.21. The average Bonchev–Trinajstić information content (AvgIpc) is 2.96. The Hall–Kier alpha value is -3.16. The van der Waals surface area contributed by atoms with Gasteiger partial charge in [-0.1, -0.05) is 0 Å². The molecule has 0 unspecified atom stereocenters. The molecular formula is C15H15N3O5. The summed E-state index contributed by atoms with van der Waals surface area (Å²) in [6.07, 6.45) is 1.23. The van der Waals surface area contributed by atoms with Crippen molar-refractivity contribution in [3.8, 4) is 5.75 Å². The van der Waals surface area contributed by atoms with Crippen LogP contribution in [-0.4, -0.2) is 23.1 Å². The molecule has 0 aliphatic rings. The van der Waals surface area contributed by atoms with Gasteiger partial charge < -0.3 is 9.15 Å². The Balaban J connectivity index is 1.93. The van der Waals surface area contributed by atoms with Gasteiger partial charge >= 0.3 is 5.88 Å². The molecule has 8 nitrogen and oxygen atoms in total. The highest BCUT2D eigenvalue weighted by Crippen LogP contribution is 2.14. The van der Waals surface area contributed by atoms with Crippen LogP contribution in [0.3, 0.4) is 0 Å². The summed E-state index contributed by atoms with van der Waals surface area (Å²) in [6.45, 7) is 3.82. The molecule has 0 radical (unpaired) electrons. The van der Waals surface area contributed by atoms with Crippen LogP contribution in [0, 0.1) is 10.1 Å². The third-order valence-electron chi connectivity index (χ3n) is 2.64. The summed E-state index contributed by atoms with van der Waals surface area (Å²) >= 11 is 0. The predicted octanol–water partition coefficient (Wildman–Crippen LogP) is 2.74. The van der Waals surface area contributed by atoms with Crippen LogP contribution in [0.4, 0.5) is 5.88 Å². The smallest absolute Gasteiger partial charge is 0.433 e. The van der Waals surface area contributed by atoms with E-state index in [4.69, 9.17) is 9.15 Å². The zero-order valence-corrected chi connectivity index (χ0v) is 12.6. The topological polar surface area (TPSA) is 107 Å². The molecule has 0 fully saturated rings. The monoisotopic (exact) mass is 317 g/mol. The van der Waals surface area contributed by atoms with Crippen molar-refractivity contribution in [3.63, 3.8) is 0 Å². The van der Waals surface area contributed by atoms with Crippen LogP contribution in [0.5, 0.6) is 5.75 Å². The van der Waals surface area contributed by atoms with Crippen LogP contribution in [0.25, 0.3) is 0 Å². The third-order valence-corrected chi connectivity index (χ3v) is 2.64. The molecule has 0 aliphatic carbocycles. The Morgan fingerprint density at radius 2 is 2.00 bits per heavy atom. The fourth-order valence-electron chi connectivity index (χ4n) is 1.69. The maximum absolute atomic E-state index is 11.9. The van der Waals surface area contributed by atoms with Gasteiger partial charge in [0.15, 0.2) is 5.76 Å². The number of benzene rings is 1. The average molecular weight is 317 g/mol. The second-order valence-electron chi connectivity index (χ2n) is 4.82. The number of nitro groups is 1. The molecule has 120 valence electrons. The van der Waals surface area contributed by atoms with Gasteiger partial charge in [0.1, 0.15) is 10.7 Å². The summed E-state index contributed by atoms with van der Waals surface area (Å²) in [6, 6.07) is 9.19. The van der Waals surface area contributed by atoms with Crippen LogP contribution in [-0.2, 0) is 0 Å². The largest absolute Gasteiger partial charge is 0.491 e. The first-order valence-electron chi connectivity index (χ1n) is 6.80. The summed E-state index contributed by atoms with van der Waals surface area (Å²) < 4.78 is 10.3. The highest BCUT2D eigenvalue weighted by molar-refractivity contribution is 5.94. The van der Waals surface area contributed by atoms with E-state index < -0.39 is 16.7 Å². The summed E-state index contributed by atoms with van der Waals surface area (Å²) in [5.74, 6) is 0.0255.